The number of hydrogen-bond donors (Lipinski definition) is 1. The molecule has 31 heavy (non-hydrogen) atoms. The van der Waals surface area contributed by atoms with Crippen LogP contribution >= 0.6 is 15.9 Å². The van der Waals surface area contributed by atoms with Crippen LogP contribution in [-0.4, -0.2) is 23.5 Å². The molecule has 3 aromatic rings. The molecule has 1 aromatic heterocycles. The van der Waals surface area contributed by atoms with Gasteiger partial charge in [0.1, 0.15) is 0 Å². The van der Waals surface area contributed by atoms with E-state index < -0.39 is 5.97 Å². The average molecular weight is 481 g/mol. The predicted molar refractivity (Wildman–Crippen MR) is 125 cm³/mol. The number of esters is 1. The zero-order valence-electron chi connectivity index (χ0n) is 17.5. The highest BCUT2D eigenvalue weighted by atomic mass is 79.9. The minimum Gasteiger partial charge on any atom is -0.452 e. The smallest absolute Gasteiger partial charge is 0.339 e. The van der Waals surface area contributed by atoms with Gasteiger partial charge in [-0.15, -0.1) is 0 Å². The SMILES string of the molecule is Cc1ccc(NC(=O)COC(=O)c2c3c(nc4ccccc24)CCCCCC3)c(Br)c1. The van der Waals surface area contributed by atoms with Gasteiger partial charge in [0.05, 0.1) is 16.8 Å². The summed E-state index contributed by atoms with van der Waals surface area (Å²) in [7, 11) is 0. The number of benzene rings is 2. The molecule has 0 aliphatic heterocycles. The molecule has 0 spiro atoms. The second kappa shape index (κ2) is 9.60. The number of nitrogens with one attached hydrogen (secondary N) is 1. The summed E-state index contributed by atoms with van der Waals surface area (Å²) in [6, 6.07) is 13.3. The Morgan fingerprint density at radius 1 is 1.06 bits per heavy atom. The lowest BCUT2D eigenvalue weighted by molar-refractivity contribution is -0.119. The average Bonchev–Trinajstić information content (AvgIpc) is 2.74. The van der Waals surface area contributed by atoms with Gasteiger partial charge in [-0.25, -0.2) is 4.79 Å². The Morgan fingerprint density at radius 2 is 1.84 bits per heavy atom. The number of fused-ring (bicyclic) bond motifs is 2. The second-order valence-corrected chi connectivity index (χ2v) is 8.81. The highest BCUT2D eigenvalue weighted by Crippen LogP contribution is 2.29. The van der Waals surface area contributed by atoms with Gasteiger partial charge in [0.15, 0.2) is 6.61 Å². The first-order valence-corrected chi connectivity index (χ1v) is 11.5. The maximum absolute atomic E-state index is 13.2. The van der Waals surface area contributed by atoms with Crippen LogP contribution in [0, 0.1) is 6.92 Å². The number of aryl methyl sites for hydroxylation is 2. The lowest BCUT2D eigenvalue weighted by Crippen LogP contribution is -2.22. The summed E-state index contributed by atoms with van der Waals surface area (Å²) in [4.78, 5) is 30.4. The minimum absolute atomic E-state index is 0.343. The van der Waals surface area contributed by atoms with Gasteiger partial charge < -0.3 is 10.1 Å². The summed E-state index contributed by atoms with van der Waals surface area (Å²) in [5.41, 5.74) is 5.04. The number of para-hydroxylation sites is 1. The first-order chi connectivity index (χ1) is 15.0. The van der Waals surface area contributed by atoms with Crippen LogP contribution in [0.5, 0.6) is 0 Å². The van der Waals surface area contributed by atoms with E-state index in [1.54, 1.807) is 0 Å². The fourth-order valence-corrected chi connectivity index (χ4v) is 4.66. The van der Waals surface area contributed by atoms with E-state index in [1.165, 1.54) is 6.42 Å². The van der Waals surface area contributed by atoms with Crippen molar-refractivity contribution in [2.45, 2.75) is 45.4 Å². The Balaban J connectivity index is 1.57. The second-order valence-electron chi connectivity index (χ2n) is 7.95. The third-order valence-corrected chi connectivity index (χ3v) is 6.26. The molecule has 1 heterocycles. The lowest BCUT2D eigenvalue weighted by Gasteiger charge is -2.18. The molecule has 5 nitrogen and oxygen atoms in total. The first kappa shape index (κ1) is 21.5. The van der Waals surface area contributed by atoms with Crippen LogP contribution in [0.25, 0.3) is 10.9 Å². The van der Waals surface area contributed by atoms with E-state index in [-0.39, 0.29) is 12.5 Å². The molecule has 1 amide bonds. The largest absolute Gasteiger partial charge is 0.452 e. The van der Waals surface area contributed by atoms with E-state index >= 15 is 0 Å². The first-order valence-electron chi connectivity index (χ1n) is 10.7. The van der Waals surface area contributed by atoms with Gasteiger partial charge in [0, 0.05) is 15.6 Å². The predicted octanol–water partition coefficient (Wildman–Crippen LogP) is 5.76. The zero-order chi connectivity index (χ0) is 21.8. The topological polar surface area (TPSA) is 68.3 Å². The van der Waals surface area contributed by atoms with Crippen LogP contribution in [-0.2, 0) is 22.4 Å². The molecule has 0 radical (unpaired) electrons. The number of ether oxygens (including phenoxy) is 1. The molecule has 0 saturated heterocycles. The number of anilines is 1. The third-order valence-electron chi connectivity index (χ3n) is 5.61. The number of pyridine rings is 1. The van der Waals surface area contributed by atoms with Crippen LogP contribution in [0.15, 0.2) is 46.9 Å². The van der Waals surface area contributed by atoms with Gasteiger partial charge in [-0.05, 0) is 77.9 Å². The Bertz CT molecular complexity index is 1140. The molecule has 1 aliphatic rings. The molecule has 2 aromatic carbocycles. The number of halogens is 1. The van der Waals surface area contributed by atoms with Gasteiger partial charge in [0.2, 0.25) is 0 Å². The summed E-state index contributed by atoms with van der Waals surface area (Å²) in [5, 5.41) is 3.57. The van der Waals surface area contributed by atoms with Gasteiger partial charge in [-0.2, -0.15) is 0 Å². The van der Waals surface area contributed by atoms with Crippen molar-refractivity contribution in [2.75, 3.05) is 11.9 Å². The van der Waals surface area contributed by atoms with Gasteiger partial charge in [-0.3, -0.25) is 9.78 Å². The summed E-state index contributed by atoms with van der Waals surface area (Å²) >= 11 is 3.45. The standard InChI is InChI=1S/C25H25BrN2O3/c1-16-12-13-22(19(26)14-16)28-23(29)15-31-25(30)24-17-8-4-2-3-5-10-20(17)27-21-11-7-6-9-18(21)24/h6-7,9,11-14H,2-5,8,10,15H2,1H3,(H,28,29). The van der Waals surface area contributed by atoms with Crippen LogP contribution in [0.3, 0.4) is 0 Å². The van der Waals surface area contributed by atoms with Crippen molar-refractivity contribution < 1.29 is 14.3 Å². The van der Waals surface area contributed by atoms with Crippen LogP contribution in [0.4, 0.5) is 5.69 Å². The van der Waals surface area contributed by atoms with E-state index in [9.17, 15) is 9.59 Å². The Morgan fingerprint density at radius 3 is 2.65 bits per heavy atom. The molecule has 6 heteroatoms. The summed E-state index contributed by atoms with van der Waals surface area (Å²) < 4.78 is 6.26. The molecule has 0 bridgehead atoms. The maximum atomic E-state index is 13.2. The molecule has 0 fully saturated rings. The molecule has 1 aliphatic carbocycles. The van der Waals surface area contributed by atoms with Gasteiger partial charge >= 0.3 is 5.97 Å². The van der Waals surface area contributed by atoms with Crippen molar-refractivity contribution in [3.63, 3.8) is 0 Å². The van der Waals surface area contributed by atoms with E-state index in [0.717, 1.165) is 64.3 Å². The number of rotatable bonds is 4. The number of hydrogen-bond acceptors (Lipinski definition) is 4. The van der Waals surface area contributed by atoms with E-state index in [2.05, 4.69) is 21.2 Å². The highest BCUT2D eigenvalue weighted by molar-refractivity contribution is 9.10. The number of carbonyl (C=O) groups is 2. The van der Waals surface area contributed by atoms with Crippen molar-refractivity contribution in [3.05, 3.63) is 69.3 Å². The lowest BCUT2D eigenvalue weighted by atomic mass is 9.91. The van der Waals surface area contributed by atoms with Crippen molar-refractivity contribution in [3.8, 4) is 0 Å². The van der Waals surface area contributed by atoms with E-state index in [4.69, 9.17) is 9.72 Å². The van der Waals surface area contributed by atoms with Crippen LogP contribution < -0.4 is 5.32 Å². The number of aromatic nitrogens is 1. The normalized spacial score (nSPS) is 13.7. The zero-order valence-corrected chi connectivity index (χ0v) is 19.1. The summed E-state index contributed by atoms with van der Waals surface area (Å²) in [6.07, 6.45) is 6.09. The van der Waals surface area contributed by atoms with Crippen LogP contribution in [0.1, 0.15) is 52.9 Å². The van der Waals surface area contributed by atoms with Crippen molar-refractivity contribution >= 4 is 44.4 Å². The van der Waals surface area contributed by atoms with Gasteiger partial charge in [0.25, 0.3) is 5.91 Å². The Labute approximate surface area is 190 Å². The quantitative estimate of drug-likeness (QED) is 0.481. The summed E-state index contributed by atoms with van der Waals surface area (Å²) in [6.45, 7) is 1.63. The number of carbonyl (C=O) groups excluding carboxylic acids is 2. The van der Waals surface area contributed by atoms with Crippen LogP contribution in [0.2, 0.25) is 0 Å². The van der Waals surface area contributed by atoms with Crippen molar-refractivity contribution in [1.82, 2.24) is 4.98 Å². The molecule has 4 rings (SSSR count). The molecule has 0 saturated carbocycles. The molecule has 160 valence electrons. The Hall–Kier alpha value is -2.73. The monoisotopic (exact) mass is 480 g/mol. The van der Waals surface area contributed by atoms with E-state index in [0.29, 0.717) is 11.3 Å². The number of nitrogens with zero attached hydrogens (tertiary/aromatic N) is 1. The number of amides is 1. The fourth-order valence-electron chi connectivity index (χ4n) is 4.07. The van der Waals surface area contributed by atoms with Crippen molar-refractivity contribution in [2.24, 2.45) is 0 Å². The Kier molecular flexibility index (Phi) is 6.66. The van der Waals surface area contributed by atoms with Crippen molar-refractivity contribution in [1.29, 1.82) is 0 Å². The molecule has 0 unspecified atom stereocenters. The van der Waals surface area contributed by atoms with E-state index in [1.807, 2.05) is 49.4 Å². The molecular weight excluding hydrogens is 456 g/mol. The molecule has 0 atom stereocenters. The third kappa shape index (κ3) is 4.96. The molecular formula is C25H25BrN2O3. The minimum atomic E-state index is -0.464. The molecule has 1 N–H and O–H groups in total. The summed E-state index contributed by atoms with van der Waals surface area (Å²) in [5.74, 6) is -0.840. The maximum Gasteiger partial charge on any atom is 0.339 e. The van der Waals surface area contributed by atoms with Gasteiger partial charge in [-0.1, -0.05) is 37.1 Å². The fraction of sp³-hybridized carbons (Fsp3) is 0.320. The highest BCUT2D eigenvalue weighted by Gasteiger charge is 2.23.